The van der Waals surface area contributed by atoms with Crippen LogP contribution in [0.4, 0.5) is 0 Å². The van der Waals surface area contributed by atoms with Gasteiger partial charge in [0, 0.05) is 5.03 Å². The highest BCUT2D eigenvalue weighted by Gasteiger charge is 2.13. The molecule has 0 aromatic heterocycles. The van der Waals surface area contributed by atoms with Crippen molar-refractivity contribution in [1.29, 1.82) is 0 Å². The number of halogens is 1. The van der Waals surface area contributed by atoms with E-state index < -0.39 is 0 Å². The zero-order valence-electron chi connectivity index (χ0n) is 6.88. The van der Waals surface area contributed by atoms with Crippen LogP contribution in [0, 0.1) is 5.41 Å². The van der Waals surface area contributed by atoms with Crippen LogP contribution in [0.1, 0.15) is 34.6 Å². The van der Waals surface area contributed by atoms with E-state index in [4.69, 9.17) is 11.6 Å². The van der Waals surface area contributed by atoms with Gasteiger partial charge in [0.15, 0.2) is 0 Å². The third-order valence-corrected chi connectivity index (χ3v) is 1.93. The lowest BCUT2D eigenvalue weighted by molar-refractivity contribution is 0.501. The van der Waals surface area contributed by atoms with E-state index in [0.29, 0.717) is 0 Å². The Morgan fingerprint density at radius 3 is 1.44 bits per heavy atom. The van der Waals surface area contributed by atoms with Crippen molar-refractivity contribution in [1.82, 2.24) is 0 Å². The van der Waals surface area contributed by atoms with Crippen LogP contribution in [0.2, 0.25) is 0 Å². The zero-order valence-corrected chi connectivity index (χ0v) is 7.63. The molecule has 0 aliphatic heterocycles. The first-order chi connectivity index (χ1) is 3.85. The van der Waals surface area contributed by atoms with Crippen LogP contribution >= 0.6 is 11.6 Å². The van der Waals surface area contributed by atoms with Gasteiger partial charge in [-0.15, -0.1) is 0 Å². The summed E-state index contributed by atoms with van der Waals surface area (Å²) in [6, 6.07) is 0. The van der Waals surface area contributed by atoms with Crippen molar-refractivity contribution < 1.29 is 0 Å². The second kappa shape index (κ2) is 2.74. The molecule has 0 spiro atoms. The quantitative estimate of drug-likeness (QED) is 0.490. The molecule has 1 heteroatoms. The van der Waals surface area contributed by atoms with Crippen LogP contribution in [0.15, 0.2) is 10.6 Å². The smallest absolute Gasteiger partial charge is 0.0144 e. The Kier molecular flexibility index (Phi) is 2.75. The first-order valence-electron chi connectivity index (χ1n) is 3.19. The van der Waals surface area contributed by atoms with Gasteiger partial charge in [-0.05, 0) is 19.3 Å². The molecule has 0 aromatic rings. The summed E-state index contributed by atoms with van der Waals surface area (Å²) in [5.41, 5.74) is 1.50. The highest BCUT2D eigenvalue weighted by atomic mass is 35.5. The Balaban J connectivity index is 4.40. The number of allylic oxidation sites excluding steroid dienone is 2. The van der Waals surface area contributed by atoms with E-state index in [1.54, 1.807) is 0 Å². The van der Waals surface area contributed by atoms with Crippen LogP contribution in [-0.4, -0.2) is 0 Å². The molecule has 0 radical (unpaired) electrons. The van der Waals surface area contributed by atoms with Gasteiger partial charge in [-0.1, -0.05) is 37.9 Å². The molecule has 0 rings (SSSR count). The van der Waals surface area contributed by atoms with Gasteiger partial charge in [0.2, 0.25) is 0 Å². The minimum absolute atomic E-state index is 0.228. The fourth-order valence-corrected chi connectivity index (χ4v) is 0.800. The Morgan fingerprint density at radius 1 is 1.11 bits per heavy atom. The molecule has 0 bridgehead atoms. The summed E-state index contributed by atoms with van der Waals surface area (Å²) in [5.74, 6) is 0. The summed E-state index contributed by atoms with van der Waals surface area (Å²) in [6.45, 7) is 10.5. The lowest BCUT2D eigenvalue weighted by Crippen LogP contribution is -2.06. The molecule has 0 heterocycles. The lowest BCUT2D eigenvalue weighted by Gasteiger charge is -2.19. The van der Waals surface area contributed by atoms with E-state index in [1.165, 1.54) is 5.57 Å². The highest BCUT2D eigenvalue weighted by molar-refractivity contribution is 6.29. The SMILES string of the molecule is C/C(Cl)=C(/C)C(C)(C)C. The summed E-state index contributed by atoms with van der Waals surface area (Å²) in [7, 11) is 0. The molecule has 9 heavy (non-hydrogen) atoms. The van der Waals surface area contributed by atoms with Crippen LogP contribution in [0.5, 0.6) is 0 Å². The van der Waals surface area contributed by atoms with Gasteiger partial charge in [0.1, 0.15) is 0 Å². The fourth-order valence-electron chi connectivity index (χ4n) is 0.517. The topological polar surface area (TPSA) is 0 Å². The molecule has 0 aliphatic carbocycles. The lowest BCUT2D eigenvalue weighted by atomic mass is 9.87. The maximum absolute atomic E-state index is 5.79. The normalized spacial score (nSPS) is 15.3. The molecule has 0 fully saturated rings. The standard InChI is InChI=1S/C8H15Cl/c1-6(7(2)9)8(3,4)5/h1-5H3/b7-6+. The van der Waals surface area contributed by atoms with Crippen molar-refractivity contribution in [3.8, 4) is 0 Å². The summed E-state index contributed by atoms with van der Waals surface area (Å²) in [6.07, 6.45) is 0. The van der Waals surface area contributed by atoms with Crippen molar-refractivity contribution >= 4 is 11.6 Å². The molecule has 0 atom stereocenters. The number of hydrogen-bond acceptors (Lipinski definition) is 0. The molecule has 54 valence electrons. The first kappa shape index (κ1) is 9.03. The molecule has 0 aromatic carbocycles. The Bertz CT molecular complexity index is 122. The molecular weight excluding hydrogens is 132 g/mol. The summed E-state index contributed by atoms with van der Waals surface area (Å²) < 4.78 is 0. The number of rotatable bonds is 0. The molecule has 0 aliphatic rings. The van der Waals surface area contributed by atoms with Gasteiger partial charge >= 0.3 is 0 Å². The van der Waals surface area contributed by atoms with Gasteiger partial charge in [-0.2, -0.15) is 0 Å². The van der Waals surface area contributed by atoms with Crippen molar-refractivity contribution in [3.63, 3.8) is 0 Å². The number of hydrogen-bond donors (Lipinski definition) is 0. The monoisotopic (exact) mass is 146 g/mol. The van der Waals surface area contributed by atoms with Gasteiger partial charge in [0.25, 0.3) is 0 Å². The molecule has 0 nitrogen and oxygen atoms in total. The van der Waals surface area contributed by atoms with Crippen molar-refractivity contribution in [3.05, 3.63) is 10.6 Å². The van der Waals surface area contributed by atoms with Gasteiger partial charge < -0.3 is 0 Å². The third-order valence-electron chi connectivity index (χ3n) is 1.64. The summed E-state index contributed by atoms with van der Waals surface area (Å²) in [4.78, 5) is 0. The predicted octanol–water partition coefficient (Wildman–Crippen LogP) is 3.57. The largest absolute Gasteiger partial charge is 0.0895 e. The average molecular weight is 147 g/mol. The molecule has 0 unspecified atom stereocenters. The van der Waals surface area contributed by atoms with Crippen LogP contribution in [-0.2, 0) is 0 Å². The third kappa shape index (κ3) is 2.90. The molecule has 0 saturated heterocycles. The molecule has 0 saturated carbocycles. The van der Waals surface area contributed by atoms with Gasteiger partial charge in [-0.3, -0.25) is 0 Å². The van der Waals surface area contributed by atoms with Crippen LogP contribution < -0.4 is 0 Å². The minimum Gasteiger partial charge on any atom is -0.0895 e. The minimum atomic E-state index is 0.228. The predicted molar refractivity (Wildman–Crippen MR) is 43.7 cm³/mol. The Morgan fingerprint density at radius 2 is 1.44 bits per heavy atom. The van der Waals surface area contributed by atoms with E-state index in [2.05, 4.69) is 27.7 Å². The average Bonchev–Trinajstić information content (AvgIpc) is 1.62. The molecule has 0 amide bonds. The second-order valence-corrected chi connectivity index (χ2v) is 3.98. The van der Waals surface area contributed by atoms with Crippen LogP contribution in [0.3, 0.4) is 0 Å². The van der Waals surface area contributed by atoms with Gasteiger partial charge in [0.05, 0.1) is 0 Å². The van der Waals surface area contributed by atoms with Crippen molar-refractivity contribution in [2.24, 2.45) is 5.41 Å². The fraction of sp³-hybridized carbons (Fsp3) is 0.750. The second-order valence-electron chi connectivity index (χ2n) is 3.41. The van der Waals surface area contributed by atoms with E-state index in [9.17, 15) is 0 Å². The Hall–Kier alpha value is 0.0300. The van der Waals surface area contributed by atoms with E-state index >= 15 is 0 Å². The molecular formula is C8H15Cl. The maximum atomic E-state index is 5.79. The van der Waals surface area contributed by atoms with Gasteiger partial charge in [-0.25, -0.2) is 0 Å². The highest BCUT2D eigenvalue weighted by Crippen LogP contribution is 2.28. The van der Waals surface area contributed by atoms with E-state index in [-0.39, 0.29) is 5.41 Å². The summed E-state index contributed by atoms with van der Waals surface area (Å²) >= 11 is 5.79. The first-order valence-corrected chi connectivity index (χ1v) is 3.57. The van der Waals surface area contributed by atoms with Crippen LogP contribution in [0.25, 0.3) is 0 Å². The van der Waals surface area contributed by atoms with Crippen molar-refractivity contribution in [2.75, 3.05) is 0 Å². The van der Waals surface area contributed by atoms with Crippen molar-refractivity contribution in [2.45, 2.75) is 34.6 Å². The van der Waals surface area contributed by atoms with E-state index in [1.807, 2.05) is 6.92 Å². The Labute approximate surface area is 62.9 Å². The summed E-state index contributed by atoms with van der Waals surface area (Å²) in [5, 5.41) is 0.919. The molecule has 0 N–H and O–H groups in total. The zero-order chi connectivity index (χ0) is 7.65. The maximum Gasteiger partial charge on any atom is 0.0144 e. The van der Waals surface area contributed by atoms with E-state index in [0.717, 1.165) is 5.03 Å².